The number of benzene rings is 3. The average molecular weight is 365 g/mol. The molecule has 0 saturated heterocycles. The maximum absolute atomic E-state index is 10.9. The van der Waals surface area contributed by atoms with Gasteiger partial charge in [-0.15, -0.1) is 0 Å². The fourth-order valence-corrected chi connectivity index (χ4v) is 4.34. The summed E-state index contributed by atoms with van der Waals surface area (Å²) in [7, 11) is 1.86. The van der Waals surface area contributed by atoms with Crippen LogP contribution in [-0.4, -0.2) is 14.7 Å². The van der Waals surface area contributed by atoms with Gasteiger partial charge in [0.25, 0.3) is 0 Å². The molecule has 4 nitrogen and oxygen atoms in total. The molecule has 1 atom stereocenters. The Labute approximate surface area is 163 Å². The third kappa shape index (κ3) is 2.45. The third-order valence-corrected chi connectivity index (χ3v) is 5.78. The third-order valence-electron chi connectivity index (χ3n) is 5.78. The quantitative estimate of drug-likeness (QED) is 0.589. The van der Waals surface area contributed by atoms with Crippen molar-refractivity contribution in [2.24, 2.45) is 7.05 Å². The Morgan fingerprint density at radius 2 is 1.89 bits per heavy atom. The molecular weight excluding hydrogens is 346 g/mol. The van der Waals surface area contributed by atoms with E-state index in [0.717, 1.165) is 35.2 Å². The van der Waals surface area contributed by atoms with Crippen LogP contribution in [0, 0.1) is 11.3 Å². The minimum atomic E-state index is -0.796. The van der Waals surface area contributed by atoms with E-state index in [0.29, 0.717) is 5.56 Å². The highest BCUT2D eigenvalue weighted by Crippen LogP contribution is 2.39. The summed E-state index contributed by atoms with van der Waals surface area (Å²) in [4.78, 5) is 4.10. The second kappa shape index (κ2) is 6.33. The van der Waals surface area contributed by atoms with Gasteiger partial charge in [0.2, 0.25) is 0 Å². The van der Waals surface area contributed by atoms with Crippen molar-refractivity contribution in [3.8, 4) is 17.2 Å². The summed E-state index contributed by atoms with van der Waals surface area (Å²) in [5, 5.41) is 23.1. The van der Waals surface area contributed by atoms with Gasteiger partial charge >= 0.3 is 0 Å². The van der Waals surface area contributed by atoms with E-state index in [1.807, 2.05) is 23.7 Å². The highest BCUT2D eigenvalue weighted by Gasteiger charge is 2.20. The van der Waals surface area contributed by atoms with Crippen LogP contribution in [0.2, 0.25) is 0 Å². The lowest BCUT2D eigenvalue weighted by Crippen LogP contribution is -2.05. The molecule has 0 bridgehead atoms. The molecule has 5 rings (SSSR count). The maximum atomic E-state index is 10.9. The SMILES string of the molecule is Cn1cncc1C(O)c1ccc(C#N)c(-c2ccc3c4c(cccc24)CC3)c1. The fraction of sp³-hybridized carbons (Fsp3) is 0.167. The van der Waals surface area contributed by atoms with E-state index in [1.165, 1.54) is 21.9 Å². The van der Waals surface area contributed by atoms with Gasteiger partial charge in [-0.1, -0.05) is 36.4 Å². The first-order valence-electron chi connectivity index (χ1n) is 9.39. The van der Waals surface area contributed by atoms with Crippen molar-refractivity contribution in [1.82, 2.24) is 9.55 Å². The first kappa shape index (κ1) is 16.7. The maximum Gasteiger partial charge on any atom is 0.121 e. The summed E-state index contributed by atoms with van der Waals surface area (Å²) in [5.74, 6) is 0. The van der Waals surface area contributed by atoms with E-state index in [9.17, 15) is 10.4 Å². The number of hydrogen-bond donors (Lipinski definition) is 1. The Morgan fingerprint density at radius 1 is 1.07 bits per heavy atom. The molecule has 0 saturated carbocycles. The van der Waals surface area contributed by atoms with E-state index in [2.05, 4.69) is 41.4 Å². The number of aryl methyl sites for hydroxylation is 3. The van der Waals surface area contributed by atoms with Crippen LogP contribution >= 0.6 is 0 Å². The fourth-order valence-electron chi connectivity index (χ4n) is 4.34. The second-order valence-electron chi connectivity index (χ2n) is 7.36. The predicted molar refractivity (Wildman–Crippen MR) is 109 cm³/mol. The topological polar surface area (TPSA) is 61.8 Å². The molecule has 4 aromatic rings. The van der Waals surface area contributed by atoms with Gasteiger partial charge < -0.3 is 9.67 Å². The summed E-state index contributed by atoms with van der Waals surface area (Å²) < 4.78 is 1.81. The standard InChI is InChI=1S/C24H19N3O/c1-27-14-26-13-22(27)24(28)17-7-8-18(12-25)21(11-17)19-10-9-16-6-5-15-3-2-4-20(19)23(15)16/h2-4,7-11,13-14,24,28H,5-6H2,1H3. The van der Waals surface area contributed by atoms with Gasteiger partial charge in [0.15, 0.2) is 0 Å². The summed E-state index contributed by atoms with van der Waals surface area (Å²) in [6, 6.07) is 18.6. The van der Waals surface area contributed by atoms with Crippen molar-refractivity contribution >= 4 is 10.8 Å². The average Bonchev–Trinajstić information content (AvgIpc) is 3.35. The molecule has 1 aliphatic carbocycles. The second-order valence-corrected chi connectivity index (χ2v) is 7.36. The molecule has 1 aliphatic rings. The number of imidazole rings is 1. The summed E-state index contributed by atoms with van der Waals surface area (Å²) in [5.41, 5.74) is 6.73. The highest BCUT2D eigenvalue weighted by atomic mass is 16.3. The molecule has 1 aromatic heterocycles. The molecule has 1 N–H and O–H groups in total. The lowest BCUT2D eigenvalue weighted by Gasteiger charge is -2.16. The molecule has 28 heavy (non-hydrogen) atoms. The number of nitrogens with zero attached hydrogens (tertiary/aromatic N) is 3. The Bertz CT molecular complexity index is 1250. The van der Waals surface area contributed by atoms with E-state index >= 15 is 0 Å². The molecule has 136 valence electrons. The number of rotatable bonds is 3. The molecule has 1 heterocycles. The van der Waals surface area contributed by atoms with Crippen LogP contribution in [0.25, 0.3) is 21.9 Å². The minimum absolute atomic E-state index is 0.611. The van der Waals surface area contributed by atoms with Crippen molar-refractivity contribution in [2.75, 3.05) is 0 Å². The first-order chi connectivity index (χ1) is 13.7. The zero-order chi connectivity index (χ0) is 19.3. The Hall–Kier alpha value is -3.42. The minimum Gasteiger partial charge on any atom is -0.382 e. The number of aliphatic hydroxyl groups excluding tert-OH is 1. The van der Waals surface area contributed by atoms with Crippen LogP contribution in [0.5, 0.6) is 0 Å². The van der Waals surface area contributed by atoms with E-state index in [4.69, 9.17) is 0 Å². The van der Waals surface area contributed by atoms with Crippen molar-refractivity contribution in [1.29, 1.82) is 5.26 Å². The van der Waals surface area contributed by atoms with Gasteiger partial charge in [0.1, 0.15) is 6.10 Å². The highest BCUT2D eigenvalue weighted by molar-refractivity contribution is 6.02. The van der Waals surface area contributed by atoms with Crippen LogP contribution < -0.4 is 0 Å². The molecule has 3 aromatic carbocycles. The van der Waals surface area contributed by atoms with Crippen molar-refractivity contribution in [2.45, 2.75) is 18.9 Å². The smallest absolute Gasteiger partial charge is 0.121 e. The van der Waals surface area contributed by atoms with Crippen LogP contribution in [0.15, 0.2) is 61.1 Å². The number of aliphatic hydroxyl groups is 1. The number of nitriles is 1. The monoisotopic (exact) mass is 365 g/mol. The Morgan fingerprint density at radius 3 is 2.64 bits per heavy atom. The molecule has 4 heteroatoms. The summed E-state index contributed by atoms with van der Waals surface area (Å²) >= 11 is 0. The molecular formula is C24H19N3O. The Kier molecular flexibility index (Phi) is 3.78. The lowest BCUT2D eigenvalue weighted by atomic mass is 9.90. The van der Waals surface area contributed by atoms with E-state index < -0.39 is 6.10 Å². The number of hydrogen-bond acceptors (Lipinski definition) is 3. The van der Waals surface area contributed by atoms with E-state index in [-0.39, 0.29) is 0 Å². The van der Waals surface area contributed by atoms with Gasteiger partial charge in [0, 0.05) is 12.6 Å². The van der Waals surface area contributed by atoms with Crippen LogP contribution in [-0.2, 0) is 19.9 Å². The molecule has 0 fully saturated rings. The normalized spacial score (nSPS) is 13.6. The summed E-state index contributed by atoms with van der Waals surface area (Å²) in [6.07, 6.45) is 4.69. The van der Waals surface area contributed by atoms with Crippen LogP contribution in [0.1, 0.15) is 34.1 Å². The van der Waals surface area contributed by atoms with Crippen LogP contribution in [0.4, 0.5) is 0 Å². The van der Waals surface area contributed by atoms with Gasteiger partial charge in [0.05, 0.1) is 29.9 Å². The largest absolute Gasteiger partial charge is 0.382 e. The van der Waals surface area contributed by atoms with Gasteiger partial charge in [-0.3, -0.25) is 0 Å². The zero-order valence-corrected chi connectivity index (χ0v) is 15.6. The van der Waals surface area contributed by atoms with Crippen molar-refractivity contribution < 1.29 is 5.11 Å². The van der Waals surface area contributed by atoms with Gasteiger partial charge in [-0.05, 0) is 58.0 Å². The molecule has 0 spiro atoms. The summed E-state index contributed by atoms with van der Waals surface area (Å²) in [6.45, 7) is 0. The molecule has 1 unspecified atom stereocenters. The van der Waals surface area contributed by atoms with E-state index in [1.54, 1.807) is 18.6 Å². The van der Waals surface area contributed by atoms with Crippen molar-refractivity contribution in [3.63, 3.8) is 0 Å². The number of aromatic nitrogens is 2. The van der Waals surface area contributed by atoms with Gasteiger partial charge in [-0.2, -0.15) is 5.26 Å². The zero-order valence-electron chi connectivity index (χ0n) is 15.6. The first-order valence-corrected chi connectivity index (χ1v) is 9.39. The van der Waals surface area contributed by atoms with Gasteiger partial charge in [-0.25, -0.2) is 4.98 Å². The van der Waals surface area contributed by atoms with Crippen LogP contribution in [0.3, 0.4) is 0 Å². The molecule has 0 aliphatic heterocycles. The Balaban J connectivity index is 1.72. The molecule has 0 radical (unpaired) electrons. The molecule has 0 amide bonds. The predicted octanol–water partition coefficient (Wildman–Crippen LogP) is 4.29. The van der Waals surface area contributed by atoms with Crippen molar-refractivity contribution in [3.05, 3.63) is 89.0 Å². The lowest BCUT2D eigenvalue weighted by molar-refractivity contribution is 0.211.